The van der Waals surface area contributed by atoms with Gasteiger partial charge in [0.1, 0.15) is 5.01 Å². The molecule has 4 aromatic rings. The molecule has 0 atom stereocenters. The maximum atomic E-state index is 11.9. The number of carbonyl (C=O) groups excluding carboxylic acids is 1. The number of esters is 1. The van der Waals surface area contributed by atoms with Crippen molar-refractivity contribution < 1.29 is 55.7 Å². The average Bonchev–Trinajstić information content (AvgIpc) is 3.69. The fourth-order valence-corrected chi connectivity index (χ4v) is 6.60. The molecule has 3 heterocycles. The summed E-state index contributed by atoms with van der Waals surface area (Å²) in [4.78, 5) is 40.6. The van der Waals surface area contributed by atoms with Crippen molar-refractivity contribution >= 4 is 39.9 Å². The first-order valence-electron chi connectivity index (χ1n) is 16.3. The van der Waals surface area contributed by atoms with Gasteiger partial charge < -0.3 is 19.8 Å². The fraction of sp³-hybridized carbons (Fsp3) is 0.441. The summed E-state index contributed by atoms with van der Waals surface area (Å²) in [6.07, 6.45) is -2.71. The summed E-state index contributed by atoms with van der Waals surface area (Å²) in [6, 6.07) is 17.0. The monoisotopic (exact) mass is 757 g/mol. The number of nitrogens with zero attached hydrogens (tertiary/aromatic N) is 5. The number of carboxylic acid groups (broad SMARTS) is 2. The van der Waals surface area contributed by atoms with Gasteiger partial charge in [0.25, 0.3) is 0 Å². The first kappa shape index (κ1) is 40.1. The van der Waals surface area contributed by atoms with Gasteiger partial charge in [-0.3, -0.25) is 4.90 Å². The van der Waals surface area contributed by atoms with E-state index in [0.717, 1.165) is 51.8 Å². The predicted molar refractivity (Wildman–Crippen MR) is 180 cm³/mol. The number of carbonyl (C=O) groups is 3. The fourth-order valence-electron chi connectivity index (χ4n) is 5.72. The Hall–Kier alpha value is -4.71. The molecule has 0 radical (unpaired) electrons. The highest BCUT2D eigenvalue weighted by Gasteiger charge is 2.39. The van der Waals surface area contributed by atoms with Gasteiger partial charge in [-0.25, -0.2) is 23.9 Å². The van der Waals surface area contributed by atoms with Crippen LogP contribution in [0.5, 0.6) is 0 Å². The molecule has 11 nitrogen and oxygen atoms in total. The number of ether oxygens (including phenoxy) is 1. The third kappa shape index (κ3) is 10.9. The lowest BCUT2D eigenvalue weighted by molar-refractivity contribution is -0.193. The summed E-state index contributed by atoms with van der Waals surface area (Å²) in [6.45, 7) is 9.09. The molecule has 1 saturated carbocycles. The molecule has 0 bridgehead atoms. The lowest BCUT2D eigenvalue weighted by atomic mass is 9.86. The van der Waals surface area contributed by atoms with Crippen molar-refractivity contribution in [3.8, 4) is 21.8 Å². The molecule has 18 heteroatoms. The van der Waals surface area contributed by atoms with Crippen molar-refractivity contribution in [3.63, 3.8) is 0 Å². The zero-order chi connectivity index (χ0) is 38.2. The Balaban J connectivity index is 0.000000367. The first-order chi connectivity index (χ1) is 24.5. The third-order valence-corrected chi connectivity index (χ3v) is 9.49. The highest BCUT2D eigenvalue weighted by Crippen LogP contribution is 2.31. The Kier molecular flexibility index (Phi) is 13.3. The van der Waals surface area contributed by atoms with Crippen LogP contribution in [0, 0.1) is 5.92 Å². The zero-order valence-corrected chi connectivity index (χ0v) is 29.0. The minimum atomic E-state index is -5.08. The second-order valence-corrected chi connectivity index (χ2v) is 13.1. The summed E-state index contributed by atoms with van der Waals surface area (Å²) in [5.41, 5.74) is 4.73. The van der Waals surface area contributed by atoms with E-state index in [1.54, 1.807) is 30.4 Å². The van der Waals surface area contributed by atoms with Gasteiger partial charge in [0.15, 0.2) is 0 Å². The standard InChI is InChI=1S/C30H35N5O2S.2C2HF3O2/c1-3-37-29(36)24-8-6-22(7-9-24)27-20-35-30(31-27)38-28(32-35)23-10-14-26(15-11-23)34-18-16-33(17-19-34)25-12-4-21(2)5-13-25;2*3-2(4,5)1(6)7/h6-11,14-15,20-21,25H,3-5,12-13,16-19H2,1-2H3;2*(H,6,7)/t21-,25+;;. The molecule has 2 aliphatic rings. The van der Waals surface area contributed by atoms with Crippen molar-refractivity contribution in [3.05, 3.63) is 60.3 Å². The van der Waals surface area contributed by atoms with E-state index in [1.165, 1.54) is 44.5 Å². The number of alkyl halides is 6. The van der Waals surface area contributed by atoms with Crippen LogP contribution in [0.3, 0.4) is 0 Å². The summed E-state index contributed by atoms with van der Waals surface area (Å²) < 4.78 is 70.4. The summed E-state index contributed by atoms with van der Waals surface area (Å²) in [5, 5.41) is 20.0. The van der Waals surface area contributed by atoms with E-state index in [9.17, 15) is 31.1 Å². The number of carboxylic acids is 2. The summed E-state index contributed by atoms with van der Waals surface area (Å²) >= 11 is 1.58. The van der Waals surface area contributed by atoms with Crippen LogP contribution in [0.15, 0.2) is 54.7 Å². The van der Waals surface area contributed by atoms with E-state index in [4.69, 9.17) is 34.6 Å². The third-order valence-electron chi connectivity index (χ3n) is 8.52. The zero-order valence-electron chi connectivity index (χ0n) is 28.2. The molecule has 0 spiro atoms. The molecule has 0 unspecified atom stereocenters. The normalized spacial score (nSPS) is 18.1. The van der Waals surface area contributed by atoms with E-state index in [1.807, 2.05) is 22.8 Å². The molecule has 2 fully saturated rings. The number of hydrogen-bond acceptors (Lipinski definition) is 9. The van der Waals surface area contributed by atoms with E-state index in [-0.39, 0.29) is 5.97 Å². The van der Waals surface area contributed by atoms with Crippen LogP contribution in [-0.2, 0) is 14.3 Å². The van der Waals surface area contributed by atoms with E-state index < -0.39 is 24.3 Å². The van der Waals surface area contributed by atoms with Crippen molar-refractivity contribution in [2.24, 2.45) is 5.92 Å². The second kappa shape index (κ2) is 17.2. The van der Waals surface area contributed by atoms with Crippen LogP contribution in [-0.4, -0.2) is 98.8 Å². The van der Waals surface area contributed by atoms with Crippen LogP contribution in [0.1, 0.15) is 49.9 Å². The lowest BCUT2D eigenvalue weighted by Gasteiger charge is -2.42. The highest BCUT2D eigenvalue weighted by atomic mass is 32.1. The van der Waals surface area contributed by atoms with Gasteiger partial charge in [-0.15, -0.1) is 0 Å². The van der Waals surface area contributed by atoms with Gasteiger partial charge in [0.2, 0.25) is 4.96 Å². The quantitative estimate of drug-likeness (QED) is 0.153. The van der Waals surface area contributed by atoms with Gasteiger partial charge >= 0.3 is 30.3 Å². The molecule has 52 heavy (non-hydrogen) atoms. The van der Waals surface area contributed by atoms with Crippen molar-refractivity contribution in [1.29, 1.82) is 0 Å². The molecule has 1 aliphatic carbocycles. The Morgan fingerprint density at radius 2 is 1.35 bits per heavy atom. The molecule has 1 aliphatic heterocycles. The number of fused-ring (bicyclic) bond motifs is 1. The van der Waals surface area contributed by atoms with E-state index in [0.29, 0.717) is 12.2 Å². The van der Waals surface area contributed by atoms with Gasteiger partial charge in [-0.1, -0.05) is 30.4 Å². The molecular formula is C34H37F6N5O6S. The number of halogens is 6. The van der Waals surface area contributed by atoms with Gasteiger partial charge in [-0.05, 0) is 74.9 Å². The van der Waals surface area contributed by atoms with Crippen molar-refractivity contribution in [2.45, 2.75) is 57.9 Å². The Morgan fingerprint density at radius 3 is 1.83 bits per heavy atom. The number of rotatable bonds is 6. The number of aromatic nitrogens is 3. The molecule has 0 amide bonds. The van der Waals surface area contributed by atoms with Crippen molar-refractivity contribution in [1.82, 2.24) is 19.5 Å². The van der Waals surface area contributed by atoms with Gasteiger partial charge in [0, 0.05) is 49.0 Å². The number of benzene rings is 2. The lowest BCUT2D eigenvalue weighted by Crippen LogP contribution is -2.51. The minimum Gasteiger partial charge on any atom is -0.475 e. The summed E-state index contributed by atoms with van der Waals surface area (Å²) in [7, 11) is 0. The second-order valence-electron chi connectivity index (χ2n) is 12.1. The minimum absolute atomic E-state index is 0.307. The maximum Gasteiger partial charge on any atom is 0.490 e. The van der Waals surface area contributed by atoms with E-state index >= 15 is 0 Å². The van der Waals surface area contributed by atoms with Gasteiger partial charge in [0.05, 0.1) is 24.1 Å². The molecular weight excluding hydrogens is 720 g/mol. The van der Waals surface area contributed by atoms with Crippen LogP contribution in [0.4, 0.5) is 32.0 Å². The van der Waals surface area contributed by atoms with Crippen LogP contribution in [0.2, 0.25) is 0 Å². The number of imidazole rings is 1. The first-order valence-corrected chi connectivity index (χ1v) is 17.1. The molecule has 1 saturated heterocycles. The van der Waals surface area contributed by atoms with Crippen LogP contribution in [0.25, 0.3) is 26.8 Å². The molecule has 2 N–H and O–H groups in total. The van der Waals surface area contributed by atoms with Crippen LogP contribution < -0.4 is 4.90 Å². The topological polar surface area (TPSA) is 138 Å². The smallest absolute Gasteiger partial charge is 0.475 e. The summed E-state index contributed by atoms with van der Waals surface area (Å²) in [5.74, 6) is -4.91. The molecule has 282 valence electrons. The molecule has 2 aromatic carbocycles. The number of aliphatic carboxylic acids is 2. The predicted octanol–water partition coefficient (Wildman–Crippen LogP) is 7.27. The largest absolute Gasteiger partial charge is 0.490 e. The SMILES string of the molecule is CCOC(=O)c1ccc(-c2cn3nc(-c4ccc(N5CCN([C@H]6CC[C@@H](C)CC6)CC5)cc4)sc3n2)cc1.O=C(O)C(F)(F)F.O=C(O)C(F)(F)F. The van der Waals surface area contributed by atoms with Crippen molar-refractivity contribution in [2.75, 3.05) is 37.7 Å². The average molecular weight is 758 g/mol. The molecule has 6 rings (SSSR count). The van der Waals surface area contributed by atoms with Crippen LogP contribution >= 0.6 is 11.3 Å². The number of anilines is 1. The molecule has 2 aromatic heterocycles. The highest BCUT2D eigenvalue weighted by molar-refractivity contribution is 7.19. The van der Waals surface area contributed by atoms with E-state index in [2.05, 4.69) is 41.0 Å². The maximum absolute atomic E-state index is 11.9. The Labute approximate surface area is 298 Å². The number of hydrogen-bond donors (Lipinski definition) is 2. The Morgan fingerprint density at radius 1 is 0.827 bits per heavy atom. The van der Waals surface area contributed by atoms with Gasteiger partial charge in [-0.2, -0.15) is 31.4 Å². The number of piperazine rings is 1. The Bertz CT molecular complexity index is 1740.